The van der Waals surface area contributed by atoms with Gasteiger partial charge in [0, 0.05) is 33.4 Å². The molecule has 0 aliphatic heterocycles. The lowest BCUT2D eigenvalue weighted by atomic mass is 10.0. The van der Waals surface area contributed by atoms with E-state index in [2.05, 4.69) is 10.0 Å². The maximum absolute atomic E-state index is 12.2. The van der Waals surface area contributed by atoms with Crippen LogP contribution in [-0.4, -0.2) is 44.2 Å². The predicted molar refractivity (Wildman–Crippen MR) is 79.5 cm³/mol. The van der Waals surface area contributed by atoms with Crippen LogP contribution in [0.4, 0.5) is 0 Å². The van der Waals surface area contributed by atoms with Crippen LogP contribution in [-0.2, 0) is 17.1 Å². The highest BCUT2D eigenvalue weighted by Gasteiger charge is 2.20. The average Bonchev–Trinajstić information content (AvgIpc) is 2.85. The van der Waals surface area contributed by atoms with Crippen LogP contribution in [0.3, 0.4) is 0 Å². The molecule has 3 N–H and O–H groups in total. The Labute approximate surface area is 125 Å². The lowest BCUT2D eigenvalue weighted by Crippen LogP contribution is -2.29. The fourth-order valence-electron chi connectivity index (χ4n) is 1.98. The molecule has 120 valence electrons. The minimum absolute atomic E-state index is 0.0341. The Kier molecular flexibility index (Phi) is 6.38. The van der Waals surface area contributed by atoms with Gasteiger partial charge in [0.15, 0.2) is 0 Å². The van der Waals surface area contributed by atoms with Crippen LogP contribution in [0.15, 0.2) is 17.2 Å². The number of hydrogen-bond acceptors (Lipinski definition) is 4. The molecular formula is C13H23N3O4S. The Morgan fingerprint density at radius 3 is 2.67 bits per heavy atom. The van der Waals surface area contributed by atoms with E-state index in [0.29, 0.717) is 6.42 Å². The standard InChI is InChI=1S/C13H23N3O4S/c1-4-10(5-6-17)8-15-21(19,20)11-7-12(13(18)14-2)16(3)9-11/h7,9-10,15,17H,4-6,8H2,1-3H3,(H,14,18). The maximum atomic E-state index is 12.2. The monoisotopic (exact) mass is 317 g/mol. The first kappa shape index (κ1) is 17.7. The van der Waals surface area contributed by atoms with Crippen LogP contribution in [0.25, 0.3) is 0 Å². The summed E-state index contributed by atoms with van der Waals surface area (Å²) in [5.74, 6) is -0.252. The zero-order valence-corrected chi connectivity index (χ0v) is 13.4. The number of aliphatic hydroxyl groups is 1. The molecule has 0 bridgehead atoms. The molecule has 0 saturated heterocycles. The normalized spacial score (nSPS) is 13.1. The van der Waals surface area contributed by atoms with E-state index in [9.17, 15) is 13.2 Å². The Hall–Kier alpha value is -1.38. The largest absolute Gasteiger partial charge is 0.396 e. The Morgan fingerprint density at radius 2 is 2.14 bits per heavy atom. The van der Waals surface area contributed by atoms with E-state index in [1.807, 2.05) is 6.92 Å². The SMILES string of the molecule is CCC(CCO)CNS(=O)(=O)c1cc(C(=O)NC)n(C)c1. The number of rotatable bonds is 8. The summed E-state index contributed by atoms with van der Waals surface area (Å²) in [6.07, 6.45) is 2.73. The number of nitrogens with one attached hydrogen (secondary N) is 2. The molecule has 1 unspecified atom stereocenters. The van der Waals surface area contributed by atoms with Gasteiger partial charge in [-0.05, 0) is 18.4 Å². The molecule has 0 aliphatic carbocycles. The molecule has 1 rings (SSSR count). The smallest absolute Gasteiger partial charge is 0.267 e. The van der Waals surface area contributed by atoms with Crippen LogP contribution in [0.5, 0.6) is 0 Å². The van der Waals surface area contributed by atoms with Crippen molar-refractivity contribution in [2.45, 2.75) is 24.7 Å². The molecule has 8 heteroatoms. The van der Waals surface area contributed by atoms with Crippen molar-refractivity contribution < 1.29 is 18.3 Å². The van der Waals surface area contributed by atoms with E-state index in [1.165, 1.54) is 23.9 Å². The van der Waals surface area contributed by atoms with Gasteiger partial charge in [-0.1, -0.05) is 13.3 Å². The van der Waals surface area contributed by atoms with Crippen LogP contribution in [0.2, 0.25) is 0 Å². The van der Waals surface area contributed by atoms with E-state index in [0.717, 1.165) is 6.42 Å². The number of hydrogen-bond donors (Lipinski definition) is 3. The first-order valence-electron chi connectivity index (χ1n) is 6.84. The second kappa shape index (κ2) is 7.58. The fraction of sp³-hybridized carbons (Fsp3) is 0.615. The number of aromatic nitrogens is 1. The molecular weight excluding hydrogens is 294 g/mol. The summed E-state index contributed by atoms with van der Waals surface area (Å²) < 4.78 is 28.4. The summed E-state index contributed by atoms with van der Waals surface area (Å²) in [7, 11) is -0.556. The van der Waals surface area contributed by atoms with Crippen molar-refractivity contribution >= 4 is 15.9 Å². The fourth-order valence-corrected chi connectivity index (χ4v) is 3.16. The number of sulfonamides is 1. The van der Waals surface area contributed by atoms with Gasteiger partial charge in [0.25, 0.3) is 5.91 Å². The van der Waals surface area contributed by atoms with Gasteiger partial charge < -0.3 is 15.0 Å². The Morgan fingerprint density at radius 1 is 1.48 bits per heavy atom. The third-order valence-electron chi connectivity index (χ3n) is 3.43. The molecule has 1 aromatic rings. The van der Waals surface area contributed by atoms with E-state index in [-0.39, 0.29) is 35.6 Å². The molecule has 7 nitrogen and oxygen atoms in total. The molecule has 0 spiro atoms. The molecule has 1 atom stereocenters. The van der Waals surface area contributed by atoms with Gasteiger partial charge in [-0.2, -0.15) is 0 Å². The summed E-state index contributed by atoms with van der Waals surface area (Å²) in [5, 5.41) is 11.4. The zero-order valence-electron chi connectivity index (χ0n) is 12.6. The van der Waals surface area contributed by atoms with E-state index in [4.69, 9.17) is 5.11 Å². The highest BCUT2D eigenvalue weighted by atomic mass is 32.2. The lowest BCUT2D eigenvalue weighted by molar-refractivity contribution is 0.0955. The van der Waals surface area contributed by atoms with Crippen molar-refractivity contribution in [2.75, 3.05) is 20.2 Å². The molecule has 0 radical (unpaired) electrons. The quantitative estimate of drug-likeness (QED) is 0.632. The van der Waals surface area contributed by atoms with Gasteiger partial charge in [-0.25, -0.2) is 13.1 Å². The van der Waals surface area contributed by atoms with Crippen molar-refractivity contribution in [1.29, 1.82) is 0 Å². The average molecular weight is 317 g/mol. The molecule has 1 aromatic heterocycles. The minimum atomic E-state index is -3.66. The zero-order chi connectivity index (χ0) is 16.0. The highest BCUT2D eigenvalue weighted by Crippen LogP contribution is 2.14. The van der Waals surface area contributed by atoms with E-state index in [1.54, 1.807) is 7.05 Å². The summed E-state index contributed by atoms with van der Waals surface area (Å²) in [5.41, 5.74) is 0.278. The number of aryl methyl sites for hydroxylation is 1. The van der Waals surface area contributed by atoms with Gasteiger partial charge in [0.05, 0.1) is 0 Å². The molecule has 21 heavy (non-hydrogen) atoms. The number of nitrogens with zero attached hydrogens (tertiary/aromatic N) is 1. The van der Waals surface area contributed by atoms with Gasteiger partial charge in [-0.15, -0.1) is 0 Å². The van der Waals surface area contributed by atoms with Gasteiger partial charge in [-0.3, -0.25) is 4.79 Å². The van der Waals surface area contributed by atoms with Crippen LogP contribution in [0, 0.1) is 5.92 Å². The van der Waals surface area contributed by atoms with Crippen molar-refractivity contribution in [3.8, 4) is 0 Å². The maximum Gasteiger partial charge on any atom is 0.267 e. The first-order chi connectivity index (χ1) is 9.85. The second-order valence-corrected chi connectivity index (χ2v) is 6.66. The third-order valence-corrected chi connectivity index (χ3v) is 4.82. The molecule has 1 amide bonds. The number of aliphatic hydroxyl groups excluding tert-OH is 1. The Balaban J connectivity index is 2.86. The van der Waals surface area contributed by atoms with Crippen LogP contribution >= 0.6 is 0 Å². The third kappa shape index (κ3) is 4.55. The molecule has 0 saturated carbocycles. The summed E-state index contributed by atoms with van der Waals surface area (Å²) in [6, 6.07) is 1.34. The van der Waals surface area contributed by atoms with Crippen molar-refractivity contribution in [2.24, 2.45) is 13.0 Å². The van der Waals surface area contributed by atoms with Gasteiger partial charge >= 0.3 is 0 Å². The van der Waals surface area contributed by atoms with Crippen molar-refractivity contribution in [3.63, 3.8) is 0 Å². The number of carbonyl (C=O) groups is 1. The topological polar surface area (TPSA) is 100 Å². The summed E-state index contributed by atoms with van der Waals surface area (Å²) >= 11 is 0. The molecule has 0 aromatic carbocycles. The number of amides is 1. The van der Waals surface area contributed by atoms with Gasteiger partial charge in [0.1, 0.15) is 10.6 Å². The van der Waals surface area contributed by atoms with E-state index >= 15 is 0 Å². The lowest BCUT2D eigenvalue weighted by Gasteiger charge is -2.13. The van der Waals surface area contributed by atoms with Crippen LogP contribution in [0.1, 0.15) is 30.3 Å². The molecule has 1 heterocycles. The van der Waals surface area contributed by atoms with Crippen LogP contribution < -0.4 is 10.0 Å². The highest BCUT2D eigenvalue weighted by molar-refractivity contribution is 7.89. The Bertz CT molecular complexity index is 580. The minimum Gasteiger partial charge on any atom is -0.396 e. The molecule has 0 aliphatic rings. The molecule has 0 fully saturated rings. The summed E-state index contributed by atoms with van der Waals surface area (Å²) in [6.45, 7) is 2.25. The van der Waals surface area contributed by atoms with Gasteiger partial charge in [0.2, 0.25) is 10.0 Å². The predicted octanol–water partition coefficient (Wildman–Crippen LogP) is 0.0716. The van der Waals surface area contributed by atoms with Crippen molar-refractivity contribution in [1.82, 2.24) is 14.6 Å². The number of carbonyl (C=O) groups excluding carboxylic acids is 1. The summed E-state index contributed by atoms with van der Waals surface area (Å²) in [4.78, 5) is 11.7. The van der Waals surface area contributed by atoms with E-state index < -0.39 is 10.0 Å². The first-order valence-corrected chi connectivity index (χ1v) is 8.33. The second-order valence-electron chi connectivity index (χ2n) is 4.89. The van der Waals surface area contributed by atoms with Crippen molar-refractivity contribution in [3.05, 3.63) is 18.0 Å².